The van der Waals surface area contributed by atoms with Crippen molar-refractivity contribution >= 4 is 11.8 Å². The summed E-state index contributed by atoms with van der Waals surface area (Å²) in [5, 5.41) is 4.50. The second kappa shape index (κ2) is 7.71. The Morgan fingerprint density at radius 1 is 1.27 bits per heavy atom. The smallest absolute Gasteiger partial charge is 0.0960 e. The molecule has 0 aliphatic carbocycles. The van der Waals surface area contributed by atoms with Gasteiger partial charge in [0.2, 0.25) is 0 Å². The summed E-state index contributed by atoms with van der Waals surface area (Å²) in [7, 11) is 0. The van der Waals surface area contributed by atoms with Gasteiger partial charge in [-0.1, -0.05) is 19.9 Å². The van der Waals surface area contributed by atoms with Crippen molar-refractivity contribution in [2.24, 2.45) is 0 Å². The molecule has 1 heterocycles. The molecule has 3 heteroatoms. The fraction of sp³-hybridized carbons (Fsp3) is 0.583. The number of thioether (sulfide) groups is 1. The van der Waals surface area contributed by atoms with Gasteiger partial charge in [-0.15, -0.1) is 11.8 Å². The molecule has 84 valence electrons. The lowest BCUT2D eigenvalue weighted by Gasteiger charge is -2.04. The van der Waals surface area contributed by atoms with Crippen LogP contribution in [0, 0.1) is 0 Å². The van der Waals surface area contributed by atoms with E-state index < -0.39 is 0 Å². The molecule has 0 unspecified atom stereocenters. The molecule has 2 nitrogen and oxygen atoms in total. The molecule has 0 spiro atoms. The first-order valence-corrected chi connectivity index (χ1v) is 6.63. The maximum absolute atomic E-state index is 4.42. The predicted molar refractivity (Wildman–Crippen MR) is 67.2 cm³/mol. The Morgan fingerprint density at radius 2 is 2.13 bits per heavy atom. The zero-order valence-corrected chi connectivity index (χ0v) is 10.4. The molecule has 0 aliphatic heterocycles. The Hall–Kier alpha value is -0.540. The highest BCUT2D eigenvalue weighted by atomic mass is 32.2. The Labute approximate surface area is 96.9 Å². The van der Waals surface area contributed by atoms with Crippen molar-refractivity contribution in [3.05, 3.63) is 23.9 Å². The number of aromatic nitrogens is 1. The largest absolute Gasteiger partial charge is 0.313 e. The molecule has 0 amide bonds. The number of hydrogen-bond donors (Lipinski definition) is 1. The topological polar surface area (TPSA) is 24.9 Å². The van der Waals surface area contributed by atoms with Gasteiger partial charge < -0.3 is 5.32 Å². The SMILES string of the molecule is CCCNCc1ccc(SCCC)nc1. The molecular weight excluding hydrogens is 204 g/mol. The van der Waals surface area contributed by atoms with Crippen LogP contribution in [0.25, 0.3) is 0 Å². The second-order valence-corrected chi connectivity index (χ2v) is 4.65. The van der Waals surface area contributed by atoms with E-state index in [4.69, 9.17) is 0 Å². The quantitative estimate of drug-likeness (QED) is 0.569. The van der Waals surface area contributed by atoms with E-state index in [2.05, 4.69) is 36.3 Å². The van der Waals surface area contributed by atoms with Crippen LogP contribution in [0.3, 0.4) is 0 Å². The number of pyridine rings is 1. The lowest BCUT2D eigenvalue weighted by atomic mass is 10.3. The third-order valence-corrected chi connectivity index (χ3v) is 3.16. The van der Waals surface area contributed by atoms with E-state index in [-0.39, 0.29) is 0 Å². The van der Waals surface area contributed by atoms with Crippen molar-refractivity contribution in [2.75, 3.05) is 12.3 Å². The summed E-state index contributed by atoms with van der Waals surface area (Å²) in [6.07, 6.45) is 4.35. The third-order valence-electron chi connectivity index (χ3n) is 2.01. The van der Waals surface area contributed by atoms with E-state index in [1.54, 1.807) is 0 Å². The highest BCUT2D eigenvalue weighted by Crippen LogP contribution is 2.15. The first-order chi connectivity index (χ1) is 7.36. The lowest BCUT2D eigenvalue weighted by molar-refractivity contribution is 0.673. The molecule has 0 aliphatic rings. The Kier molecular flexibility index (Phi) is 6.44. The van der Waals surface area contributed by atoms with Crippen molar-refractivity contribution in [1.29, 1.82) is 0 Å². The molecule has 0 radical (unpaired) electrons. The van der Waals surface area contributed by atoms with Crippen LogP contribution >= 0.6 is 11.8 Å². The van der Waals surface area contributed by atoms with Crippen molar-refractivity contribution < 1.29 is 0 Å². The summed E-state index contributed by atoms with van der Waals surface area (Å²) < 4.78 is 0. The molecule has 0 saturated heterocycles. The standard InChI is InChI=1S/C12H20N2S/c1-3-7-13-9-11-5-6-12(14-10-11)15-8-4-2/h5-6,10,13H,3-4,7-9H2,1-2H3. The monoisotopic (exact) mass is 224 g/mol. The van der Waals surface area contributed by atoms with Crippen LogP contribution < -0.4 is 5.32 Å². The first kappa shape index (κ1) is 12.5. The van der Waals surface area contributed by atoms with Crippen LogP contribution in [0.15, 0.2) is 23.4 Å². The van der Waals surface area contributed by atoms with E-state index in [9.17, 15) is 0 Å². The molecule has 0 fully saturated rings. The van der Waals surface area contributed by atoms with Gasteiger partial charge in [0.1, 0.15) is 0 Å². The maximum Gasteiger partial charge on any atom is 0.0960 e. The number of rotatable bonds is 7. The van der Waals surface area contributed by atoms with Crippen molar-refractivity contribution in [3.63, 3.8) is 0 Å². The third kappa shape index (κ3) is 5.19. The summed E-state index contributed by atoms with van der Waals surface area (Å²) in [6, 6.07) is 4.27. The first-order valence-electron chi connectivity index (χ1n) is 5.65. The molecule has 0 aromatic carbocycles. The van der Waals surface area contributed by atoms with Gasteiger partial charge in [-0.25, -0.2) is 4.98 Å². The number of nitrogens with zero attached hydrogens (tertiary/aromatic N) is 1. The van der Waals surface area contributed by atoms with Gasteiger partial charge in [0.15, 0.2) is 0 Å². The number of hydrogen-bond acceptors (Lipinski definition) is 3. The molecule has 1 aromatic heterocycles. The minimum absolute atomic E-state index is 0.930. The van der Waals surface area contributed by atoms with Gasteiger partial charge in [-0.3, -0.25) is 0 Å². The Balaban J connectivity index is 2.35. The summed E-state index contributed by atoms with van der Waals surface area (Å²) >= 11 is 1.83. The van der Waals surface area contributed by atoms with Crippen LogP contribution in [0.2, 0.25) is 0 Å². The van der Waals surface area contributed by atoms with E-state index in [0.717, 1.165) is 23.9 Å². The predicted octanol–water partition coefficient (Wildman–Crippen LogP) is 3.08. The average molecular weight is 224 g/mol. The molecule has 0 atom stereocenters. The van der Waals surface area contributed by atoms with Crippen LogP contribution in [0.4, 0.5) is 0 Å². The van der Waals surface area contributed by atoms with E-state index in [1.807, 2.05) is 18.0 Å². The molecule has 15 heavy (non-hydrogen) atoms. The number of nitrogens with one attached hydrogen (secondary N) is 1. The Morgan fingerprint density at radius 3 is 2.73 bits per heavy atom. The van der Waals surface area contributed by atoms with Gasteiger partial charge in [-0.2, -0.15) is 0 Å². The fourth-order valence-corrected chi connectivity index (χ4v) is 1.92. The molecular formula is C12H20N2S. The maximum atomic E-state index is 4.42. The van der Waals surface area contributed by atoms with Crippen LogP contribution in [0.1, 0.15) is 32.3 Å². The molecule has 0 bridgehead atoms. The van der Waals surface area contributed by atoms with Crippen LogP contribution in [-0.2, 0) is 6.54 Å². The lowest BCUT2D eigenvalue weighted by Crippen LogP contribution is -2.13. The van der Waals surface area contributed by atoms with Crippen LogP contribution in [0.5, 0.6) is 0 Å². The highest BCUT2D eigenvalue weighted by Gasteiger charge is 1.96. The van der Waals surface area contributed by atoms with Gasteiger partial charge in [0.05, 0.1) is 5.03 Å². The summed E-state index contributed by atoms with van der Waals surface area (Å²) in [5.41, 5.74) is 1.27. The summed E-state index contributed by atoms with van der Waals surface area (Å²) in [4.78, 5) is 4.42. The molecule has 1 N–H and O–H groups in total. The highest BCUT2D eigenvalue weighted by molar-refractivity contribution is 7.99. The minimum atomic E-state index is 0.930. The zero-order valence-electron chi connectivity index (χ0n) is 9.62. The van der Waals surface area contributed by atoms with Gasteiger partial charge in [0, 0.05) is 12.7 Å². The van der Waals surface area contributed by atoms with E-state index in [0.29, 0.717) is 0 Å². The molecule has 1 aromatic rings. The van der Waals surface area contributed by atoms with E-state index in [1.165, 1.54) is 18.4 Å². The van der Waals surface area contributed by atoms with Gasteiger partial charge >= 0.3 is 0 Å². The van der Waals surface area contributed by atoms with Gasteiger partial charge in [-0.05, 0) is 36.8 Å². The van der Waals surface area contributed by atoms with E-state index >= 15 is 0 Å². The van der Waals surface area contributed by atoms with Crippen molar-refractivity contribution in [2.45, 2.75) is 38.3 Å². The molecule has 1 rings (SSSR count). The van der Waals surface area contributed by atoms with Crippen LogP contribution in [-0.4, -0.2) is 17.3 Å². The fourth-order valence-electron chi connectivity index (χ4n) is 1.22. The zero-order chi connectivity index (χ0) is 10.9. The minimum Gasteiger partial charge on any atom is -0.313 e. The normalized spacial score (nSPS) is 10.5. The summed E-state index contributed by atoms with van der Waals surface area (Å²) in [6.45, 7) is 6.37. The molecule has 0 saturated carbocycles. The van der Waals surface area contributed by atoms with Gasteiger partial charge in [0.25, 0.3) is 0 Å². The second-order valence-electron chi connectivity index (χ2n) is 3.53. The average Bonchev–Trinajstić information content (AvgIpc) is 2.28. The Bertz CT molecular complexity index is 259. The van der Waals surface area contributed by atoms with Crippen molar-refractivity contribution in [1.82, 2.24) is 10.3 Å². The van der Waals surface area contributed by atoms with Crippen molar-refractivity contribution in [3.8, 4) is 0 Å². The summed E-state index contributed by atoms with van der Waals surface area (Å²) in [5.74, 6) is 1.15.